The van der Waals surface area contributed by atoms with Gasteiger partial charge in [-0.1, -0.05) is 13.8 Å². The first-order valence-corrected chi connectivity index (χ1v) is 7.94. The molecule has 0 radical (unpaired) electrons. The maximum Gasteiger partial charge on any atom is 0.156 e. The van der Waals surface area contributed by atoms with Crippen LogP contribution in [-0.2, 0) is 0 Å². The Morgan fingerprint density at radius 3 is 2.67 bits per heavy atom. The summed E-state index contributed by atoms with van der Waals surface area (Å²) in [7, 11) is 1.56. The minimum Gasteiger partial charge on any atom is -0.383 e. The minimum atomic E-state index is 0.548. The molecule has 0 spiro atoms. The molecule has 0 saturated heterocycles. The summed E-state index contributed by atoms with van der Waals surface area (Å²) in [6.45, 7) is 5.84. The van der Waals surface area contributed by atoms with Crippen LogP contribution in [-0.4, -0.2) is 13.9 Å². The summed E-state index contributed by atoms with van der Waals surface area (Å²) in [6.07, 6.45) is 1.94. The van der Waals surface area contributed by atoms with E-state index in [1.54, 1.807) is 9.12 Å². The Bertz CT molecular complexity index is 455. The Labute approximate surface area is 105 Å². The molecule has 15 heavy (non-hydrogen) atoms. The molecule has 2 heterocycles. The molecule has 0 fully saturated rings. The first kappa shape index (κ1) is 12.6. The van der Waals surface area contributed by atoms with E-state index in [4.69, 9.17) is 5.73 Å². The Hall–Kier alpha value is -0.500. The average molecular weight is 336 g/mol. The van der Waals surface area contributed by atoms with Crippen LogP contribution in [0.25, 0.3) is 11.0 Å². The molecule has 2 aromatic heterocycles. The quantitative estimate of drug-likeness (QED) is 0.813. The van der Waals surface area contributed by atoms with Gasteiger partial charge in [-0.05, 0) is 13.0 Å². The molecule has 2 rings (SSSR count). The van der Waals surface area contributed by atoms with Crippen molar-refractivity contribution >= 4 is 47.2 Å². The number of anilines is 1. The molecule has 2 N–H and O–H groups in total. The molecular weight excluding hydrogens is 323 g/mol. The van der Waals surface area contributed by atoms with E-state index >= 15 is 0 Å². The highest BCUT2D eigenvalue weighted by Gasteiger charge is 2.06. The highest BCUT2D eigenvalue weighted by Crippen LogP contribution is 2.25. The Kier molecular flexibility index (Phi) is 4.65. The second-order valence-corrected chi connectivity index (χ2v) is 4.32. The molecule has 0 amide bonds. The lowest BCUT2D eigenvalue weighted by Gasteiger charge is -1.99. The van der Waals surface area contributed by atoms with Crippen LogP contribution in [0.2, 0.25) is 0 Å². The second kappa shape index (κ2) is 5.55. The van der Waals surface area contributed by atoms with E-state index < -0.39 is 0 Å². The third-order valence-corrected chi connectivity index (χ3v) is 3.44. The summed E-state index contributed by atoms with van der Waals surface area (Å²) in [5, 5.41) is 0.912. The maximum atomic E-state index is 5.75. The van der Waals surface area contributed by atoms with E-state index in [0.717, 1.165) is 11.0 Å². The molecule has 0 saturated carbocycles. The fourth-order valence-electron chi connectivity index (χ4n) is 1.18. The number of nitrogens with zero attached hydrogens (tertiary/aromatic N) is 3. The van der Waals surface area contributed by atoms with Gasteiger partial charge in [-0.25, -0.2) is 9.97 Å². The summed E-state index contributed by atoms with van der Waals surface area (Å²) in [5.41, 5.74) is 6.63. The van der Waals surface area contributed by atoms with Gasteiger partial charge in [0.25, 0.3) is 0 Å². The predicted octanol–water partition coefficient (Wildman–Crippen LogP) is 3.19. The molecule has 0 aliphatic rings. The molecular formula is C9H13IN4S. The molecule has 0 bridgehead atoms. The van der Waals surface area contributed by atoms with E-state index in [0.29, 0.717) is 11.6 Å². The van der Waals surface area contributed by atoms with Gasteiger partial charge in [0.15, 0.2) is 5.65 Å². The highest BCUT2D eigenvalue weighted by molar-refractivity contribution is 14.2. The lowest BCUT2D eigenvalue weighted by molar-refractivity contribution is 1.08. The van der Waals surface area contributed by atoms with Gasteiger partial charge in [0.2, 0.25) is 0 Å². The highest BCUT2D eigenvalue weighted by atomic mass is 127. The van der Waals surface area contributed by atoms with Gasteiger partial charge in [0, 0.05) is 36.5 Å². The topological polar surface area (TPSA) is 56.7 Å². The van der Waals surface area contributed by atoms with E-state index in [2.05, 4.69) is 31.2 Å². The summed E-state index contributed by atoms with van der Waals surface area (Å²) in [4.78, 5) is 8.40. The van der Waals surface area contributed by atoms with Crippen LogP contribution in [0, 0.1) is 6.92 Å². The van der Waals surface area contributed by atoms with Crippen LogP contribution in [0.4, 0.5) is 5.82 Å². The van der Waals surface area contributed by atoms with E-state index in [1.807, 2.05) is 37.0 Å². The second-order valence-electron chi connectivity index (χ2n) is 2.60. The van der Waals surface area contributed by atoms with Crippen molar-refractivity contribution in [2.75, 3.05) is 5.73 Å². The van der Waals surface area contributed by atoms with Crippen LogP contribution < -0.4 is 5.73 Å². The lowest BCUT2D eigenvalue weighted by atomic mass is 10.4. The minimum absolute atomic E-state index is 0.548. The monoisotopic (exact) mass is 336 g/mol. The molecule has 2 aromatic rings. The van der Waals surface area contributed by atoms with E-state index in [9.17, 15) is 0 Å². The lowest BCUT2D eigenvalue weighted by Crippen LogP contribution is -1.97. The maximum absolute atomic E-state index is 5.75. The molecule has 82 valence electrons. The number of nitrogens with two attached hydrogens (primary N) is 1. The van der Waals surface area contributed by atoms with Crippen molar-refractivity contribution in [3.8, 4) is 0 Å². The summed E-state index contributed by atoms with van der Waals surface area (Å²) in [6, 6.07) is 1.93. The van der Waals surface area contributed by atoms with Crippen LogP contribution in [0.1, 0.15) is 19.7 Å². The Morgan fingerprint density at radius 2 is 2.07 bits per heavy atom. The number of aromatic nitrogens is 3. The van der Waals surface area contributed by atoms with Gasteiger partial charge in [0.1, 0.15) is 11.6 Å². The van der Waals surface area contributed by atoms with Crippen LogP contribution in [0.15, 0.2) is 12.3 Å². The first-order valence-electron chi connectivity index (χ1n) is 4.62. The van der Waals surface area contributed by atoms with Crippen LogP contribution in [0.5, 0.6) is 0 Å². The number of hydrogen-bond acceptors (Lipinski definition) is 4. The van der Waals surface area contributed by atoms with Gasteiger partial charge < -0.3 is 5.73 Å². The number of nitrogen functional groups attached to an aromatic ring is 1. The largest absolute Gasteiger partial charge is 0.383 e. The van der Waals surface area contributed by atoms with Crippen molar-refractivity contribution < 1.29 is 0 Å². The Morgan fingerprint density at radius 1 is 1.40 bits per heavy atom. The van der Waals surface area contributed by atoms with Crippen molar-refractivity contribution in [2.24, 2.45) is 0 Å². The zero-order valence-corrected chi connectivity index (χ0v) is 11.8. The zero-order chi connectivity index (χ0) is 11.4. The number of fused-ring (bicyclic) bond motifs is 1. The summed E-state index contributed by atoms with van der Waals surface area (Å²) < 4.78 is 1.96. The van der Waals surface area contributed by atoms with Gasteiger partial charge in [-0.2, -0.15) is 0 Å². The van der Waals surface area contributed by atoms with Gasteiger partial charge >= 0.3 is 0 Å². The number of aryl methyl sites for hydroxylation is 1. The van der Waals surface area contributed by atoms with Crippen molar-refractivity contribution in [3.05, 3.63) is 18.1 Å². The molecule has 4 nitrogen and oxygen atoms in total. The van der Waals surface area contributed by atoms with Crippen molar-refractivity contribution in [2.45, 2.75) is 20.8 Å². The van der Waals surface area contributed by atoms with E-state index in [1.165, 1.54) is 0 Å². The normalized spacial score (nSPS) is 9.87. The summed E-state index contributed by atoms with van der Waals surface area (Å²) >= 11 is 2.20. The zero-order valence-electron chi connectivity index (χ0n) is 8.86. The fraction of sp³-hybridized carbons (Fsp3) is 0.333. The molecule has 0 aromatic carbocycles. The molecule has 0 unspecified atom stereocenters. The number of rotatable bonds is 1. The fourth-order valence-corrected chi connectivity index (χ4v) is 2.45. The van der Waals surface area contributed by atoms with Crippen LogP contribution >= 0.6 is 30.3 Å². The summed E-state index contributed by atoms with van der Waals surface area (Å²) in [5.74, 6) is 1.25. The smallest absolute Gasteiger partial charge is 0.156 e. The van der Waals surface area contributed by atoms with Gasteiger partial charge in [-0.3, -0.25) is 3.97 Å². The first-order chi connectivity index (χ1) is 7.22. The molecule has 0 atom stereocenters. The molecule has 0 aliphatic heterocycles. The SMILES string of the molecule is CC.Cc1nc(N)c2ccn(SI)c2n1. The third kappa shape index (κ3) is 2.54. The predicted molar refractivity (Wildman–Crippen MR) is 75.0 cm³/mol. The average Bonchev–Trinajstić information content (AvgIpc) is 2.64. The molecule has 0 aliphatic carbocycles. The van der Waals surface area contributed by atoms with Crippen molar-refractivity contribution in [3.63, 3.8) is 0 Å². The van der Waals surface area contributed by atoms with Crippen LogP contribution in [0.3, 0.4) is 0 Å². The Balaban J connectivity index is 0.000000531. The van der Waals surface area contributed by atoms with Gasteiger partial charge in [0.05, 0.1) is 5.39 Å². The third-order valence-electron chi connectivity index (χ3n) is 1.73. The van der Waals surface area contributed by atoms with Gasteiger partial charge in [-0.15, -0.1) is 0 Å². The van der Waals surface area contributed by atoms with E-state index in [-0.39, 0.29) is 0 Å². The number of hydrogen-bond donors (Lipinski definition) is 1. The van der Waals surface area contributed by atoms with Crippen molar-refractivity contribution in [1.29, 1.82) is 0 Å². The number of halogens is 1. The van der Waals surface area contributed by atoms with Crippen molar-refractivity contribution in [1.82, 2.24) is 13.9 Å². The molecule has 6 heteroatoms. The standard InChI is InChI=1S/C7H7IN4S.C2H6/c1-4-10-6(9)5-2-3-12(13-8)7(5)11-4;1-2/h2-3H,1H3,(H2,9,10,11);1-2H3.